The predicted molar refractivity (Wildman–Crippen MR) is 56.5 cm³/mol. The Hall–Kier alpha value is -1.47. The van der Waals surface area contributed by atoms with Gasteiger partial charge in [-0.3, -0.25) is 4.90 Å². The number of aliphatic hydroxyl groups excluding tert-OH is 1. The third kappa shape index (κ3) is 1.71. The monoisotopic (exact) mass is 271 g/mol. The lowest BCUT2D eigenvalue weighted by molar-refractivity contribution is -0.130. The number of aliphatic carboxylic acids is 1. The molecule has 0 radical (unpaired) electrons. The van der Waals surface area contributed by atoms with Crippen molar-refractivity contribution in [1.82, 2.24) is 4.90 Å². The fourth-order valence-electron chi connectivity index (χ4n) is 1.20. The van der Waals surface area contributed by atoms with Crippen molar-refractivity contribution >= 4 is 33.4 Å². The molecule has 0 spiro atoms. The second-order valence-corrected chi connectivity index (χ2v) is 3.79. The Kier molecular flexibility index (Phi) is 2.41. The number of fused-ring (bicyclic) bond motifs is 1. The molecule has 2 aliphatic rings. The summed E-state index contributed by atoms with van der Waals surface area (Å²) < 4.78 is 0.715. The van der Waals surface area contributed by atoms with Crippen molar-refractivity contribution in [2.75, 3.05) is 0 Å². The standard InChI is InChI=1S/C8H6BrN3O3/c9-4-1-2-5-10-11-6(8(14)15)7(13)12(5)3-4/h1-3,7,13H,(H,14,15)/t7-/m1/s1. The topological polar surface area (TPSA) is 85.5 Å². The average molecular weight is 272 g/mol. The lowest BCUT2D eigenvalue weighted by Gasteiger charge is -2.29. The van der Waals surface area contributed by atoms with Crippen LogP contribution < -0.4 is 0 Å². The van der Waals surface area contributed by atoms with E-state index in [1.165, 1.54) is 4.90 Å². The minimum Gasteiger partial charge on any atom is -0.477 e. The summed E-state index contributed by atoms with van der Waals surface area (Å²) in [6.45, 7) is 0. The van der Waals surface area contributed by atoms with Crippen LogP contribution >= 0.6 is 15.9 Å². The van der Waals surface area contributed by atoms with Crippen molar-refractivity contribution in [2.45, 2.75) is 6.23 Å². The van der Waals surface area contributed by atoms with E-state index in [0.29, 0.717) is 10.3 Å². The second-order valence-electron chi connectivity index (χ2n) is 2.88. The number of aliphatic hydroxyl groups is 1. The fraction of sp³-hybridized carbons (Fsp3) is 0.125. The minimum atomic E-state index is -1.31. The molecule has 0 aromatic carbocycles. The van der Waals surface area contributed by atoms with Crippen LogP contribution in [-0.4, -0.2) is 38.9 Å². The average Bonchev–Trinajstić information content (AvgIpc) is 2.19. The zero-order chi connectivity index (χ0) is 11.0. The summed E-state index contributed by atoms with van der Waals surface area (Å²) in [4.78, 5) is 12.0. The Balaban J connectivity index is 2.40. The molecule has 2 aliphatic heterocycles. The van der Waals surface area contributed by atoms with E-state index in [2.05, 4.69) is 26.1 Å². The molecule has 0 saturated carbocycles. The summed E-state index contributed by atoms with van der Waals surface area (Å²) in [6.07, 6.45) is 3.58. The van der Waals surface area contributed by atoms with Crippen molar-refractivity contribution in [3.63, 3.8) is 0 Å². The van der Waals surface area contributed by atoms with Gasteiger partial charge in [-0.05, 0) is 28.1 Å². The van der Waals surface area contributed by atoms with Crippen molar-refractivity contribution in [1.29, 1.82) is 0 Å². The molecule has 0 amide bonds. The second kappa shape index (κ2) is 3.59. The van der Waals surface area contributed by atoms with Crippen molar-refractivity contribution in [3.05, 3.63) is 22.8 Å². The zero-order valence-corrected chi connectivity index (χ0v) is 8.92. The van der Waals surface area contributed by atoms with Crippen LogP contribution in [0.1, 0.15) is 0 Å². The molecule has 0 saturated heterocycles. The van der Waals surface area contributed by atoms with Crippen molar-refractivity contribution < 1.29 is 15.0 Å². The van der Waals surface area contributed by atoms with Gasteiger partial charge in [0, 0.05) is 10.7 Å². The molecule has 2 heterocycles. The van der Waals surface area contributed by atoms with Crippen LogP contribution in [0.3, 0.4) is 0 Å². The molecule has 7 heteroatoms. The van der Waals surface area contributed by atoms with Gasteiger partial charge in [-0.25, -0.2) is 4.79 Å². The number of carboxylic acids is 1. The number of hydrogen-bond acceptors (Lipinski definition) is 5. The van der Waals surface area contributed by atoms with Crippen LogP contribution in [0.5, 0.6) is 0 Å². The molecule has 0 aromatic heterocycles. The Bertz CT molecular complexity index is 438. The molecule has 0 fully saturated rings. The Morgan fingerprint density at radius 1 is 1.47 bits per heavy atom. The SMILES string of the molecule is O=C(O)C1=NN=C2C=CC(Br)=CN2[C@@H]1O. The largest absolute Gasteiger partial charge is 0.477 e. The van der Waals surface area contributed by atoms with E-state index < -0.39 is 17.9 Å². The number of hydrogen-bond donors (Lipinski definition) is 2. The highest BCUT2D eigenvalue weighted by Crippen LogP contribution is 2.19. The van der Waals surface area contributed by atoms with E-state index in [4.69, 9.17) is 5.11 Å². The molecule has 0 bridgehead atoms. The van der Waals surface area contributed by atoms with Crippen LogP contribution in [0, 0.1) is 0 Å². The zero-order valence-electron chi connectivity index (χ0n) is 7.33. The Morgan fingerprint density at radius 2 is 2.20 bits per heavy atom. The van der Waals surface area contributed by atoms with Gasteiger partial charge in [0.15, 0.2) is 17.8 Å². The summed E-state index contributed by atoms with van der Waals surface area (Å²) >= 11 is 3.21. The molecule has 2 N–H and O–H groups in total. The third-order valence-corrected chi connectivity index (χ3v) is 2.38. The predicted octanol–water partition coefficient (Wildman–Crippen LogP) is 0.266. The summed E-state index contributed by atoms with van der Waals surface area (Å²) in [5.74, 6) is -0.889. The summed E-state index contributed by atoms with van der Waals surface area (Å²) in [7, 11) is 0. The normalized spacial score (nSPS) is 24.0. The van der Waals surface area contributed by atoms with Gasteiger partial charge in [0.05, 0.1) is 0 Å². The van der Waals surface area contributed by atoms with E-state index in [1.54, 1.807) is 18.4 Å². The first-order chi connectivity index (χ1) is 7.09. The number of nitrogens with zero attached hydrogens (tertiary/aromatic N) is 3. The Labute approximate surface area is 93.0 Å². The van der Waals surface area contributed by atoms with Gasteiger partial charge in [0.2, 0.25) is 0 Å². The molecule has 15 heavy (non-hydrogen) atoms. The summed E-state index contributed by atoms with van der Waals surface area (Å²) in [5.41, 5.74) is -0.398. The molecule has 1 atom stereocenters. The van der Waals surface area contributed by atoms with E-state index in [1.807, 2.05) is 0 Å². The van der Waals surface area contributed by atoms with Gasteiger partial charge >= 0.3 is 5.97 Å². The van der Waals surface area contributed by atoms with Gasteiger partial charge in [0.25, 0.3) is 0 Å². The molecule has 78 valence electrons. The molecule has 0 aliphatic carbocycles. The van der Waals surface area contributed by atoms with Gasteiger partial charge in [0.1, 0.15) is 0 Å². The highest BCUT2D eigenvalue weighted by atomic mass is 79.9. The Morgan fingerprint density at radius 3 is 2.87 bits per heavy atom. The number of halogens is 1. The van der Waals surface area contributed by atoms with E-state index in [0.717, 1.165) is 0 Å². The first-order valence-corrected chi connectivity index (χ1v) is 4.79. The van der Waals surface area contributed by atoms with Gasteiger partial charge in [-0.15, -0.1) is 10.2 Å². The molecular formula is C8H6BrN3O3. The lowest BCUT2D eigenvalue weighted by atomic mass is 10.2. The lowest BCUT2D eigenvalue weighted by Crippen LogP contribution is -2.46. The number of rotatable bonds is 1. The molecule has 0 unspecified atom stereocenters. The van der Waals surface area contributed by atoms with Gasteiger partial charge < -0.3 is 10.2 Å². The molecular weight excluding hydrogens is 266 g/mol. The van der Waals surface area contributed by atoms with E-state index in [-0.39, 0.29) is 0 Å². The summed E-state index contributed by atoms with van der Waals surface area (Å²) in [6, 6.07) is 0. The number of carbonyl (C=O) groups is 1. The first-order valence-electron chi connectivity index (χ1n) is 4.00. The number of amidine groups is 1. The third-order valence-electron chi connectivity index (χ3n) is 1.91. The number of carboxylic acid groups (broad SMARTS) is 1. The van der Waals surface area contributed by atoms with Crippen molar-refractivity contribution in [3.8, 4) is 0 Å². The van der Waals surface area contributed by atoms with E-state index >= 15 is 0 Å². The highest BCUT2D eigenvalue weighted by molar-refractivity contribution is 9.11. The van der Waals surface area contributed by atoms with Crippen LogP contribution in [0.2, 0.25) is 0 Å². The smallest absolute Gasteiger partial charge is 0.356 e. The highest BCUT2D eigenvalue weighted by Gasteiger charge is 2.31. The van der Waals surface area contributed by atoms with Crippen LogP contribution in [0.15, 0.2) is 33.0 Å². The van der Waals surface area contributed by atoms with Crippen molar-refractivity contribution in [2.24, 2.45) is 10.2 Å². The maximum atomic E-state index is 10.7. The van der Waals surface area contributed by atoms with Crippen LogP contribution in [0.4, 0.5) is 0 Å². The van der Waals surface area contributed by atoms with Gasteiger partial charge in [-0.2, -0.15) is 0 Å². The minimum absolute atomic E-state index is 0.398. The molecule has 6 nitrogen and oxygen atoms in total. The van der Waals surface area contributed by atoms with Crippen LogP contribution in [-0.2, 0) is 4.79 Å². The van der Waals surface area contributed by atoms with E-state index in [9.17, 15) is 9.90 Å². The summed E-state index contributed by atoms with van der Waals surface area (Å²) in [5, 5.41) is 25.5. The fourth-order valence-corrected chi connectivity index (χ4v) is 1.56. The molecule has 2 rings (SSSR count). The first kappa shape index (κ1) is 10.1. The number of allylic oxidation sites excluding steroid dienone is 2. The maximum Gasteiger partial charge on any atom is 0.356 e. The van der Waals surface area contributed by atoms with Gasteiger partial charge in [-0.1, -0.05) is 0 Å². The quantitative estimate of drug-likeness (QED) is 0.717. The van der Waals surface area contributed by atoms with Crippen LogP contribution in [0.25, 0.3) is 0 Å². The molecule has 0 aromatic rings. The maximum absolute atomic E-state index is 10.7.